The second-order valence-corrected chi connectivity index (χ2v) is 3.65. The first-order valence-corrected chi connectivity index (χ1v) is 5.32. The van der Waals surface area contributed by atoms with Crippen LogP contribution in [0, 0.1) is 0 Å². The summed E-state index contributed by atoms with van der Waals surface area (Å²) in [5.74, 6) is -0.528. The molecule has 0 aromatic rings. The Hall–Kier alpha value is -1.10. The molecule has 1 aliphatic rings. The highest BCUT2D eigenvalue weighted by molar-refractivity contribution is 5.85. The molecule has 1 amide bonds. The molecule has 0 radical (unpaired) electrons. The fourth-order valence-corrected chi connectivity index (χ4v) is 1.61. The third-order valence-electron chi connectivity index (χ3n) is 2.51. The van der Waals surface area contributed by atoms with Gasteiger partial charge < -0.3 is 15.4 Å². The molecule has 2 N–H and O–H groups in total. The summed E-state index contributed by atoms with van der Waals surface area (Å²) in [6.07, 6.45) is 4.17. The lowest BCUT2D eigenvalue weighted by Crippen LogP contribution is -2.45. The summed E-state index contributed by atoms with van der Waals surface area (Å²) in [6, 6.07) is -0.155. The van der Waals surface area contributed by atoms with E-state index in [0.717, 1.165) is 32.2 Å². The third kappa shape index (κ3) is 4.29. The number of hydrogen-bond donors (Lipinski definition) is 2. The molecule has 1 aliphatic heterocycles. The van der Waals surface area contributed by atoms with E-state index < -0.39 is 5.97 Å². The van der Waals surface area contributed by atoms with Crippen molar-refractivity contribution in [3.05, 3.63) is 0 Å². The van der Waals surface area contributed by atoms with Crippen molar-refractivity contribution in [3.63, 3.8) is 0 Å². The van der Waals surface area contributed by atoms with Crippen molar-refractivity contribution in [3.8, 4) is 0 Å². The van der Waals surface area contributed by atoms with E-state index in [4.69, 9.17) is 0 Å². The molecule has 86 valence electrons. The quantitative estimate of drug-likeness (QED) is 0.639. The van der Waals surface area contributed by atoms with E-state index in [0.29, 0.717) is 0 Å². The molecular weight excluding hydrogens is 196 g/mol. The van der Waals surface area contributed by atoms with Gasteiger partial charge in [0.05, 0.1) is 13.2 Å². The first-order chi connectivity index (χ1) is 7.24. The first kappa shape index (κ1) is 12.0. The van der Waals surface area contributed by atoms with Crippen LogP contribution in [0.2, 0.25) is 0 Å². The van der Waals surface area contributed by atoms with Gasteiger partial charge in [0.15, 0.2) is 0 Å². The fourth-order valence-electron chi connectivity index (χ4n) is 1.61. The van der Waals surface area contributed by atoms with E-state index in [1.807, 2.05) is 0 Å². The summed E-state index contributed by atoms with van der Waals surface area (Å²) in [6.45, 7) is 0.823. The highest BCUT2D eigenvalue weighted by atomic mass is 16.5. The van der Waals surface area contributed by atoms with Gasteiger partial charge in [-0.05, 0) is 19.4 Å². The number of carbonyl (C=O) groups is 2. The van der Waals surface area contributed by atoms with Gasteiger partial charge in [-0.15, -0.1) is 0 Å². The molecule has 0 aromatic carbocycles. The summed E-state index contributed by atoms with van der Waals surface area (Å²) in [5, 5.41) is 5.71. The molecule has 0 saturated carbocycles. The normalized spacial score (nSPS) is 21.5. The van der Waals surface area contributed by atoms with Crippen molar-refractivity contribution < 1.29 is 14.3 Å². The predicted molar refractivity (Wildman–Crippen MR) is 55.3 cm³/mol. The molecule has 1 rings (SSSR count). The lowest BCUT2D eigenvalue weighted by molar-refractivity contribution is -0.141. The molecule has 0 spiro atoms. The zero-order chi connectivity index (χ0) is 11.1. The number of nitrogens with one attached hydrogen (secondary N) is 2. The average Bonchev–Trinajstić information content (AvgIpc) is 2.53. The van der Waals surface area contributed by atoms with E-state index in [-0.39, 0.29) is 18.5 Å². The lowest BCUT2D eigenvalue weighted by Gasteiger charge is -2.14. The van der Waals surface area contributed by atoms with Crippen molar-refractivity contribution >= 4 is 11.9 Å². The Kier molecular flexibility index (Phi) is 5.10. The van der Waals surface area contributed by atoms with Gasteiger partial charge in [-0.3, -0.25) is 9.59 Å². The van der Waals surface area contributed by atoms with E-state index >= 15 is 0 Å². The van der Waals surface area contributed by atoms with Crippen molar-refractivity contribution in [2.75, 3.05) is 20.2 Å². The minimum atomic E-state index is -0.419. The van der Waals surface area contributed by atoms with E-state index in [2.05, 4.69) is 15.4 Å². The van der Waals surface area contributed by atoms with Crippen LogP contribution in [-0.2, 0) is 14.3 Å². The molecule has 1 unspecified atom stereocenters. The standard InChI is InChI=1S/C10H18N2O3/c1-15-9(13)7-12-10(14)8-5-3-2-4-6-11-8/h8,11H,2-7H2,1H3,(H,12,14). The fraction of sp³-hybridized carbons (Fsp3) is 0.800. The van der Waals surface area contributed by atoms with Crippen molar-refractivity contribution in [1.82, 2.24) is 10.6 Å². The van der Waals surface area contributed by atoms with Crippen LogP contribution in [0.15, 0.2) is 0 Å². The Labute approximate surface area is 89.6 Å². The summed E-state index contributed by atoms with van der Waals surface area (Å²) < 4.78 is 4.44. The monoisotopic (exact) mass is 214 g/mol. The molecule has 1 saturated heterocycles. The second-order valence-electron chi connectivity index (χ2n) is 3.65. The highest BCUT2D eigenvalue weighted by Crippen LogP contribution is 2.08. The molecule has 5 heteroatoms. The van der Waals surface area contributed by atoms with Crippen LogP contribution < -0.4 is 10.6 Å². The average molecular weight is 214 g/mol. The predicted octanol–water partition coefficient (Wildman–Crippen LogP) is -0.192. The molecular formula is C10H18N2O3. The van der Waals surface area contributed by atoms with Crippen LogP contribution in [0.25, 0.3) is 0 Å². The topological polar surface area (TPSA) is 67.4 Å². The number of amides is 1. The zero-order valence-corrected chi connectivity index (χ0v) is 9.04. The van der Waals surface area contributed by atoms with Crippen molar-refractivity contribution in [2.45, 2.75) is 31.7 Å². The lowest BCUT2D eigenvalue weighted by atomic mass is 10.1. The van der Waals surface area contributed by atoms with Gasteiger partial charge >= 0.3 is 5.97 Å². The van der Waals surface area contributed by atoms with Gasteiger partial charge in [0, 0.05) is 0 Å². The Morgan fingerprint density at radius 3 is 2.93 bits per heavy atom. The second kappa shape index (κ2) is 6.40. The van der Waals surface area contributed by atoms with Gasteiger partial charge in [0.2, 0.25) is 5.91 Å². The summed E-state index contributed by atoms with van der Waals surface area (Å²) >= 11 is 0. The summed E-state index contributed by atoms with van der Waals surface area (Å²) in [4.78, 5) is 22.4. The maximum atomic E-state index is 11.6. The Morgan fingerprint density at radius 1 is 1.40 bits per heavy atom. The van der Waals surface area contributed by atoms with Crippen LogP contribution in [0.4, 0.5) is 0 Å². The van der Waals surface area contributed by atoms with Crippen LogP contribution >= 0.6 is 0 Å². The van der Waals surface area contributed by atoms with Gasteiger partial charge in [0.25, 0.3) is 0 Å². The van der Waals surface area contributed by atoms with Crippen molar-refractivity contribution in [1.29, 1.82) is 0 Å². The number of methoxy groups -OCH3 is 1. The van der Waals surface area contributed by atoms with Crippen LogP contribution in [0.1, 0.15) is 25.7 Å². The molecule has 1 atom stereocenters. The molecule has 0 bridgehead atoms. The number of ether oxygens (including phenoxy) is 1. The first-order valence-electron chi connectivity index (χ1n) is 5.32. The summed E-state index contributed by atoms with van der Waals surface area (Å²) in [5.41, 5.74) is 0. The van der Waals surface area contributed by atoms with Crippen LogP contribution in [0.5, 0.6) is 0 Å². The molecule has 0 aromatic heterocycles. The minimum Gasteiger partial charge on any atom is -0.468 e. The largest absolute Gasteiger partial charge is 0.468 e. The number of rotatable bonds is 3. The Morgan fingerprint density at radius 2 is 2.20 bits per heavy atom. The van der Waals surface area contributed by atoms with Gasteiger partial charge in [-0.1, -0.05) is 12.8 Å². The van der Waals surface area contributed by atoms with Gasteiger partial charge in [0.1, 0.15) is 6.54 Å². The zero-order valence-electron chi connectivity index (χ0n) is 9.04. The summed E-state index contributed by atoms with van der Waals surface area (Å²) in [7, 11) is 1.30. The number of carbonyl (C=O) groups excluding carboxylic acids is 2. The highest BCUT2D eigenvalue weighted by Gasteiger charge is 2.19. The Balaban J connectivity index is 2.28. The molecule has 15 heavy (non-hydrogen) atoms. The maximum absolute atomic E-state index is 11.6. The molecule has 1 fully saturated rings. The van der Waals surface area contributed by atoms with E-state index in [1.165, 1.54) is 7.11 Å². The van der Waals surface area contributed by atoms with Gasteiger partial charge in [-0.2, -0.15) is 0 Å². The molecule has 5 nitrogen and oxygen atoms in total. The third-order valence-corrected chi connectivity index (χ3v) is 2.51. The van der Waals surface area contributed by atoms with E-state index in [1.54, 1.807) is 0 Å². The van der Waals surface area contributed by atoms with Gasteiger partial charge in [-0.25, -0.2) is 0 Å². The minimum absolute atomic E-state index is 0.0481. The van der Waals surface area contributed by atoms with Crippen LogP contribution in [-0.4, -0.2) is 38.1 Å². The van der Waals surface area contributed by atoms with E-state index in [9.17, 15) is 9.59 Å². The number of hydrogen-bond acceptors (Lipinski definition) is 4. The maximum Gasteiger partial charge on any atom is 0.325 e. The SMILES string of the molecule is COC(=O)CNC(=O)C1CCCCCN1. The molecule has 1 heterocycles. The smallest absolute Gasteiger partial charge is 0.325 e. The van der Waals surface area contributed by atoms with Crippen molar-refractivity contribution in [2.24, 2.45) is 0 Å². The number of esters is 1. The van der Waals surface area contributed by atoms with Crippen LogP contribution in [0.3, 0.4) is 0 Å². The Bertz CT molecular complexity index is 223. The molecule has 0 aliphatic carbocycles.